The molecule has 0 spiro atoms. The fourth-order valence-corrected chi connectivity index (χ4v) is 3.09. The van der Waals surface area contributed by atoms with Crippen LogP contribution in [0, 0.1) is 0 Å². The van der Waals surface area contributed by atoms with Gasteiger partial charge in [-0.3, -0.25) is 19.4 Å². The molecule has 12 nitrogen and oxygen atoms in total. The van der Waals surface area contributed by atoms with Gasteiger partial charge in [0.2, 0.25) is 17.7 Å². The molecule has 0 aromatic rings. The van der Waals surface area contributed by atoms with E-state index in [1.165, 1.54) is 6.92 Å². The molecule has 1 fully saturated rings. The monoisotopic (exact) mass is 458 g/mol. The van der Waals surface area contributed by atoms with Gasteiger partial charge in [-0.15, -0.1) is 0 Å². The van der Waals surface area contributed by atoms with Crippen LogP contribution in [0.5, 0.6) is 0 Å². The molecule has 3 amide bonds. The Kier molecular flexibility index (Phi) is 15.8. The minimum absolute atomic E-state index is 0.0513. The Morgan fingerprint density at radius 1 is 1.12 bits per heavy atom. The number of amides is 3. The maximum Gasteiger partial charge on any atom is 0.242 e. The average molecular weight is 459 g/mol. The Morgan fingerprint density at radius 3 is 2.34 bits per heavy atom. The summed E-state index contributed by atoms with van der Waals surface area (Å²) in [5, 5.41) is 11.5. The van der Waals surface area contributed by atoms with Gasteiger partial charge in [-0.05, 0) is 52.0 Å². The van der Waals surface area contributed by atoms with Crippen molar-refractivity contribution in [3.63, 3.8) is 0 Å². The van der Waals surface area contributed by atoms with Gasteiger partial charge < -0.3 is 44.0 Å². The number of guanidine groups is 1. The third kappa shape index (κ3) is 13.1. The molecule has 12 heteroatoms. The van der Waals surface area contributed by atoms with E-state index in [0.717, 1.165) is 44.9 Å². The number of hydrogen-bond donors (Lipinski definition) is 7. The van der Waals surface area contributed by atoms with Crippen molar-refractivity contribution in [2.24, 2.45) is 33.7 Å². The highest BCUT2D eigenvalue weighted by Gasteiger charge is 2.33. The minimum atomic E-state index is -0.935. The number of nitrogens with zero attached hydrogens (tertiary/aromatic N) is 2. The highest BCUT2D eigenvalue weighted by Crippen LogP contribution is 2.19. The van der Waals surface area contributed by atoms with Gasteiger partial charge in [0.25, 0.3) is 0 Å². The van der Waals surface area contributed by atoms with Crippen LogP contribution in [-0.4, -0.2) is 78.1 Å². The zero-order valence-electron chi connectivity index (χ0n) is 19.2. The third-order valence-electron chi connectivity index (χ3n) is 5.00. The summed E-state index contributed by atoms with van der Waals surface area (Å²) in [5.74, 6) is -0.562. The van der Waals surface area contributed by atoms with E-state index < -0.39 is 18.1 Å². The quantitative estimate of drug-likeness (QED) is 0.0911. The summed E-state index contributed by atoms with van der Waals surface area (Å²) in [4.78, 5) is 40.3. The van der Waals surface area contributed by atoms with Crippen molar-refractivity contribution in [1.82, 2.24) is 10.2 Å². The lowest BCUT2D eigenvalue weighted by Gasteiger charge is -2.24. The summed E-state index contributed by atoms with van der Waals surface area (Å²) in [5.41, 5.74) is 25.7. The van der Waals surface area contributed by atoms with E-state index in [-0.39, 0.29) is 23.8 Å². The van der Waals surface area contributed by atoms with E-state index in [1.54, 1.807) is 4.90 Å². The topological polar surface area (TPSA) is 229 Å². The van der Waals surface area contributed by atoms with Gasteiger partial charge in [0.1, 0.15) is 12.1 Å². The van der Waals surface area contributed by atoms with Gasteiger partial charge in [-0.1, -0.05) is 6.42 Å². The summed E-state index contributed by atoms with van der Waals surface area (Å²) in [6.45, 7) is 3.89. The second-order valence-corrected chi connectivity index (χ2v) is 7.82. The number of nitrogens with one attached hydrogen (secondary N) is 1. The molecule has 1 aliphatic heterocycles. The van der Waals surface area contributed by atoms with Crippen LogP contribution in [0.15, 0.2) is 4.99 Å². The lowest BCUT2D eigenvalue weighted by atomic mass is 10.1. The zero-order chi connectivity index (χ0) is 24.5. The Bertz CT molecular complexity index is 596. The molecule has 0 radical (unpaired) electrons. The molecule has 0 aromatic carbocycles. The second kappa shape index (κ2) is 17.2. The predicted molar refractivity (Wildman–Crippen MR) is 124 cm³/mol. The largest absolute Gasteiger partial charge is 0.391 e. The normalized spacial score (nSPS) is 17.0. The van der Waals surface area contributed by atoms with Crippen molar-refractivity contribution in [2.45, 2.75) is 76.5 Å². The zero-order valence-corrected chi connectivity index (χ0v) is 19.2. The molecule has 0 bridgehead atoms. The fraction of sp³-hybridized carbons (Fsp3) is 0.800. The molecule has 0 aliphatic carbocycles. The maximum absolute atomic E-state index is 12.3. The van der Waals surface area contributed by atoms with E-state index in [9.17, 15) is 14.4 Å². The molecule has 3 atom stereocenters. The van der Waals surface area contributed by atoms with Gasteiger partial charge in [0.15, 0.2) is 5.96 Å². The first-order valence-corrected chi connectivity index (χ1v) is 11.2. The molecular formula is C20H42N8O4. The Morgan fingerprint density at radius 2 is 1.81 bits per heavy atom. The van der Waals surface area contributed by atoms with Crippen LogP contribution in [0.2, 0.25) is 0 Å². The second-order valence-electron chi connectivity index (χ2n) is 7.82. The Hall–Kier alpha value is -2.44. The highest BCUT2D eigenvalue weighted by molar-refractivity contribution is 5.88. The molecule has 1 unspecified atom stereocenters. The highest BCUT2D eigenvalue weighted by atomic mass is 16.3. The number of aliphatic imine (C=N–C) groups is 1. The van der Waals surface area contributed by atoms with Crippen LogP contribution >= 0.6 is 0 Å². The molecule has 1 rings (SSSR count). The van der Waals surface area contributed by atoms with Gasteiger partial charge in [0, 0.05) is 26.1 Å². The maximum atomic E-state index is 12.3. The van der Waals surface area contributed by atoms with Crippen molar-refractivity contribution in [3.05, 3.63) is 0 Å². The van der Waals surface area contributed by atoms with Crippen LogP contribution in [-0.2, 0) is 14.4 Å². The summed E-state index contributed by atoms with van der Waals surface area (Å²) < 4.78 is 0. The van der Waals surface area contributed by atoms with Crippen LogP contribution in [0.4, 0.5) is 0 Å². The van der Waals surface area contributed by atoms with Crippen molar-refractivity contribution in [1.29, 1.82) is 0 Å². The number of hydrogen-bond acceptors (Lipinski definition) is 7. The molecule has 186 valence electrons. The SMILES string of the molecule is C[C@@H](O)[C@H](N)C(N)=O.NCCCCCC(=O)N1CCCC1C(=O)NCCCCN=C(N)N. The third-order valence-corrected chi connectivity index (χ3v) is 5.00. The van der Waals surface area contributed by atoms with Crippen molar-refractivity contribution >= 4 is 23.7 Å². The van der Waals surface area contributed by atoms with Crippen LogP contribution in [0.3, 0.4) is 0 Å². The lowest BCUT2D eigenvalue weighted by Crippen LogP contribution is -2.46. The van der Waals surface area contributed by atoms with Crippen molar-refractivity contribution in [2.75, 3.05) is 26.2 Å². The first-order chi connectivity index (χ1) is 15.1. The summed E-state index contributed by atoms with van der Waals surface area (Å²) >= 11 is 0. The number of primary amides is 1. The minimum Gasteiger partial charge on any atom is -0.391 e. The Balaban J connectivity index is 0.00000102. The number of carbonyl (C=O) groups is 3. The van der Waals surface area contributed by atoms with Crippen LogP contribution < -0.4 is 34.0 Å². The van der Waals surface area contributed by atoms with E-state index in [4.69, 9.17) is 33.8 Å². The van der Waals surface area contributed by atoms with Crippen LogP contribution in [0.1, 0.15) is 58.3 Å². The van der Waals surface area contributed by atoms with Gasteiger partial charge in [0.05, 0.1) is 6.10 Å². The fourth-order valence-electron chi connectivity index (χ4n) is 3.09. The molecule has 1 heterocycles. The summed E-state index contributed by atoms with van der Waals surface area (Å²) in [7, 11) is 0. The smallest absolute Gasteiger partial charge is 0.242 e. The van der Waals surface area contributed by atoms with E-state index in [1.807, 2.05) is 0 Å². The van der Waals surface area contributed by atoms with Gasteiger partial charge in [-0.25, -0.2) is 0 Å². The summed E-state index contributed by atoms with van der Waals surface area (Å²) in [6, 6.07) is -1.25. The number of aliphatic hydroxyl groups excluding tert-OH is 1. The molecule has 0 aromatic heterocycles. The standard InChI is InChI=1S/C16H32N6O2.C4H10N2O2/c17-9-3-1-2-8-14(23)22-12-6-7-13(22)15(24)20-10-4-5-11-21-16(18)19;1-2(7)3(5)4(6)8/h13H,1-12,17H2,(H,20,24)(H4,18,19,21);2-3,7H,5H2,1H3,(H2,6,8)/t;2-,3+/m.1/s1. The number of carbonyl (C=O) groups excluding carboxylic acids is 3. The number of aliphatic hydroxyl groups is 1. The number of rotatable bonds is 13. The van der Waals surface area contributed by atoms with Crippen molar-refractivity contribution < 1.29 is 19.5 Å². The molecule has 0 saturated carbocycles. The van der Waals surface area contributed by atoms with E-state index in [0.29, 0.717) is 32.6 Å². The number of nitrogens with two attached hydrogens (primary N) is 5. The summed E-state index contributed by atoms with van der Waals surface area (Å²) in [6.07, 6.45) is 5.64. The molecule has 32 heavy (non-hydrogen) atoms. The first kappa shape index (κ1) is 29.6. The molecule has 1 saturated heterocycles. The lowest BCUT2D eigenvalue weighted by molar-refractivity contribution is -0.138. The Labute approximate surface area is 190 Å². The number of unbranched alkanes of at least 4 members (excludes halogenated alkanes) is 3. The van der Waals surface area contributed by atoms with Gasteiger partial charge >= 0.3 is 0 Å². The van der Waals surface area contributed by atoms with E-state index >= 15 is 0 Å². The van der Waals surface area contributed by atoms with Crippen molar-refractivity contribution in [3.8, 4) is 0 Å². The molecular weight excluding hydrogens is 416 g/mol. The molecule has 1 aliphatic rings. The van der Waals surface area contributed by atoms with E-state index in [2.05, 4.69) is 10.3 Å². The predicted octanol–water partition coefficient (Wildman–Crippen LogP) is -2.15. The number of likely N-dealkylation sites (tertiary alicyclic amines) is 1. The first-order valence-electron chi connectivity index (χ1n) is 11.2. The van der Waals surface area contributed by atoms with Crippen LogP contribution in [0.25, 0.3) is 0 Å². The average Bonchev–Trinajstić information content (AvgIpc) is 3.23. The molecule has 12 N–H and O–H groups in total. The van der Waals surface area contributed by atoms with Gasteiger partial charge in [-0.2, -0.15) is 0 Å².